The molecule has 0 radical (unpaired) electrons. The number of thioether (sulfide) groups is 1. The van der Waals surface area contributed by atoms with Crippen molar-refractivity contribution in [3.8, 4) is 0 Å². The van der Waals surface area contributed by atoms with Gasteiger partial charge in [-0.15, -0.1) is 0 Å². The third kappa shape index (κ3) is 4.07. The number of hydrogen-bond donors (Lipinski definition) is 1. The third-order valence-corrected chi connectivity index (χ3v) is 4.96. The number of aromatic nitrogens is 4. The summed E-state index contributed by atoms with van der Waals surface area (Å²) in [6, 6.07) is 0. The van der Waals surface area contributed by atoms with Crippen LogP contribution in [0.4, 0.5) is 0 Å². The fraction of sp³-hybridized carbons (Fsp3) is 0.688. The lowest BCUT2D eigenvalue weighted by molar-refractivity contribution is 0.634. The Bertz CT molecular complexity index is 760. The van der Waals surface area contributed by atoms with Gasteiger partial charge < -0.3 is 4.57 Å². The minimum Gasteiger partial charge on any atom is -0.313 e. The van der Waals surface area contributed by atoms with Crippen molar-refractivity contribution in [2.24, 2.45) is 7.05 Å². The molecule has 0 saturated carbocycles. The predicted molar refractivity (Wildman–Crippen MR) is 95.4 cm³/mol. The van der Waals surface area contributed by atoms with E-state index in [-0.39, 0.29) is 5.56 Å². The van der Waals surface area contributed by atoms with Gasteiger partial charge >= 0.3 is 5.69 Å². The van der Waals surface area contributed by atoms with Gasteiger partial charge in [-0.1, -0.05) is 51.3 Å². The lowest BCUT2D eigenvalue weighted by Gasteiger charge is -2.06. The largest absolute Gasteiger partial charge is 0.329 e. The predicted octanol–water partition coefficient (Wildman–Crippen LogP) is 2.90. The molecule has 0 aliphatic heterocycles. The molecule has 2 aromatic heterocycles. The standard InChI is InChI=1S/C16H26N4O2S/c1-4-6-7-8-9-11-23-16-17-13-12(20(16)10-5-2)14(21)18-15(22)19(13)3/h4-11H2,1-3H3,(H,18,21,22). The van der Waals surface area contributed by atoms with Crippen LogP contribution in [0.15, 0.2) is 14.7 Å². The van der Waals surface area contributed by atoms with Crippen LogP contribution in [0, 0.1) is 0 Å². The van der Waals surface area contributed by atoms with Crippen molar-refractivity contribution >= 4 is 22.9 Å². The van der Waals surface area contributed by atoms with E-state index in [9.17, 15) is 9.59 Å². The van der Waals surface area contributed by atoms with Gasteiger partial charge in [-0.25, -0.2) is 9.78 Å². The highest BCUT2D eigenvalue weighted by atomic mass is 32.2. The first kappa shape index (κ1) is 17.8. The van der Waals surface area contributed by atoms with Crippen LogP contribution >= 0.6 is 11.8 Å². The van der Waals surface area contributed by atoms with Gasteiger partial charge in [-0.05, 0) is 12.8 Å². The first-order chi connectivity index (χ1) is 11.1. The van der Waals surface area contributed by atoms with Crippen molar-refractivity contribution in [3.05, 3.63) is 20.8 Å². The minimum absolute atomic E-state index is 0.348. The van der Waals surface area contributed by atoms with E-state index < -0.39 is 5.69 Å². The monoisotopic (exact) mass is 338 g/mol. The normalized spacial score (nSPS) is 11.4. The van der Waals surface area contributed by atoms with Crippen LogP contribution < -0.4 is 11.2 Å². The molecule has 0 aromatic carbocycles. The Morgan fingerprint density at radius 3 is 2.52 bits per heavy atom. The Hall–Kier alpha value is -1.50. The van der Waals surface area contributed by atoms with Gasteiger partial charge in [-0.2, -0.15) is 0 Å². The van der Waals surface area contributed by atoms with E-state index in [4.69, 9.17) is 0 Å². The third-order valence-electron chi connectivity index (χ3n) is 3.90. The summed E-state index contributed by atoms with van der Waals surface area (Å²) in [6.07, 6.45) is 7.10. The van der Waals surface area contributed by atoms with Crippen molar-refractivity contribution in [2.45, 2.75) is 64.1 Å². The zero-order valence-electron chi connectivity index (χ0n) is 14.2. The number of nitrogens with zero attached hydrogens (tertiary/aromatic N) is 3. The van der Waals surface area contributed by atoms with Crippen molar-refractivity contribution in [1.82, 2.24) is 19.1 Å². The molecule has 128 valence electrons. The number of aryl methyl sites for hydroxylation is 2. The summed E-state index contributed by atoms with van der Waals surface area (Å²) < 4.78 is 3.36. The Morgan fingerprint density at radius 1 is 1.09 bits per heavy atom. The molecule has 0 aliphatic rings. The zero-order valence-corrected chi connectivity index (χ0v) is 15.0. The fourth-order valence-corrected chi connectivity index (χ4v) is 3.65. The Kier molecular flexibility index (Phi) is 6.50. The van der Waals surface area contributed by atoms with Crippen LogP contribution in [-0.4, -0.2) is 24.9 Å². The van der Waals surface area contributed by atoms with Crippen molar-refractivity contribution < 1.29 is 0 Å². The van der Waals surface area contributed by atoms with Gasteiger partial charge in [0, 0.05) is 19.3 Å². The van der Waals surface area contributed by atoms with Crippen LogP contribution in [0.1, 0.15) is 52.4 Å². The summed E-state index contributed by atoms with van der Waals surface area (Å²) in [5.41, 5.74) is 0.210. The molecule has 23 heavy (non-hydrogen) atoms. The van der Waals surface area contributed by atoms with E-state index in [0.717, 1.165) is 30.3 Å². The zero-order chi connectivity index (χ0) is 16.8. The minimum atomic E-state index is -0.417. The molecule has 1 N–H and O–H groups in total. The smallest absolute Gasteiger partial charge is 0.313 e. The SMILES string of the molecule is CCCCCCCSc1nc2c(c(=O)[nH]c(=O)n2C)n1CCC. The maximum absolute atomic E-state index is 12.2. The lowest BCUT2D eigenvalue weighted by atomic mass is 10.2. The second-order valence-corrected chi connectivity index (χ2v) is 6.86. The highest BCUT2D eigenvalue weighted by Crippen LogP contribution is 2.23. The second-order valence-electron chi connectivity index (χ2n) is 5.80. The van der Waals surface area contributed by atoms with Crippen LogP contribution in [0.25, 0.3) is 11.2 Å². The number of hydrogen-bond acceptors (Lipinski definition) is 4. The van der Waals surface area contributed by atoms with E-state index in [1.54, 1.807) is 18.8 Å². The summed E-state index contributed by atoms with van der Waals surface area (Å²) in [7, 11) is 1.64. The number of unbranched alkanes of at least 4 members (excludes halogenated alkanes) is 4. The molecule has 2 aromatic rings. The van der Waals surface area contributed by atoms with Gasteiger partial charge in [0.2, 0.25) is 0 Å². The average molecular weight is 338 g/mol. The Labute approximate surface area is 140 Å². The van der Waals surface area contributed by atoms with E-state index >= 15 is 0 Å². The summed E-state index contributed by atoms with van der Waals surface area (Å²) >= 11 is 1.68. The average Bonchev–Trinajstić information content (AvgIpc) is 2.88. The lowest BCUT2D eigenvalue weighted by Crippen LogP contribution is -2.29. The maximum Gasteiger partial charge on any atom is 0.329 e. The van der Waals surface area contributed by atoms with E-state index in [2.05, 4.69) is 23.8 Å². The van der Waals surface area contributed by atoms with Crippen molar-refractivity contribution in [1.29, 1.82) is 0 Å². The number of aromatic amines is 1. The topological polar surface area (TPSA) is 72.7 Å². The summed E-state index contributed by atoms with van der Waals surface area (Å²) in [5, 5.41) is 0.837. The van der Waals surface area contributed by atoms with Crippen LogP contribution in [0.3, 0.4) is 0 Å². The van der Waals surface area contributed by atoms with Gasteiger partial charge in [0.05, 0.1) is 0 Å². The van der Waals surface area contributed by atoms with Crippen molar-refractivity contribution in [3.63, 3.8) is 0 Å². The van der Waals surface area contributed by atoms with Gasteiger partial charge in [0.25, 0.3) is 5.56 Å². The van der Waals surface area contributed by atoms with Gasteiger partial charge in [0.15, 0.2) is 16.3 Å². The molecule has 0 spiro atoms. The molecule has 2 rings (SSSR count). The van der Waals surface area contributed by atoms with Crippen LogP contribution in [-0.2, 0) is 13.6 Å². The van der Waals surface area contributed by atoms with Crippen LogP contribution in [0.2, 0.25) is 0 Å². The first-order valence-electron chi connectivity index (χ1n) is 8.42. The fourth-order valence-electron chi connectivity index (χ4n) is 2.62. The molecule has 0 atom stereocenters. The Morgan fingerprint density at radius 2 is 1.83 bits per heavy atom. The second kappa shape index (κ2) is 8.38. The summed E-state index contributed by atoms with van der Waals surface area (Å²) in [4.78, 5) is 30.8. The molecule has 0 saturated heterocycles. The highest BCUT2D eigenvalue weighted by Gasteiger charge is 2.16. The molecule has 0 bridgehead atoms. The van der Waals surface area contributed by atoms with Gasteiger partial charge in [0.1, 0.15) is 0 Å². The molecule has 0 amide bonds. The summed E-state index contributed by atoms with van der Waals surface area (Å²) in [5.74, 6) is 0.989. The first-order valence-corrected chi connectivity index (χ1v) is 9.41. The van der Waals surface area contributed by atoms with E-state index in [1.165, 1.54) is 30.3 Å². The molecule has 0 fully saturated rings. The molecule has 2 heterocycles. The number of rotatable bonds is 9. The van der Waals surface area contributed by atoms with Crippen molar-refractivity contribution in [2.75, 3.05) is 5.75 Å². The number of fused-ring (bicyclic) bond motifs is 1. The molecule has 0 aliphatic carbocycles. The number of H-pyrrole nitrogens is 1. The number of nitrogens with one attached hydrogen (secondary N) is 1. The van der Waals surface area contributed by atoms with Crippen LogP contribution in [0.5, 0.6) is 0 Å². The Balaban J connectivity index is 2.23. The molecular formula is C16H26N4O2S. The number of imidazole rings is 1. The van der Waals surface area contributed by atoms with E-state index in [1.807, 2.05) is 4.57 Å². The summed E-state index contributed by atoms with van der Waals surface area (Å²) in [6.45, 7) is 5.01. The van der Waals surface area contributed by atoms with E-state index in [0.29, 0.717) is 11.2 Å². The molecule has 7 heteroatoms. The molecule has 0 unspecified atom stereocenters. The van der Waals surface area contributed by atoms with Gasteiger partial charge in [-0.3, -0.25) is 14.3 Å². The highest BCUT2D eigenvalue weighted by molar-refractivity contribution is 7.99. The maximum atomic E-state index is 12.2. The quantitative estimate of drug-likeness (QED) is 0.563. The molecular weight excluding hydrogens is 312 g/mol. The molecule has 6 nitrogen and oxygen atoms in total.